The lowest BCUT2D eigenvalue weighted by atomic mass is 10.0. The minimum absolute atomic E-state index is 0.445. The lowest BCUT2D eigenvalue weighted by Gasteiger charge is -2.26. The third-order valence-electron chi connectivity index (χ3n) is 3.30. The van der Waals surface area contributed by atoms with Crippen molar-refractivity contribution in [1.29, 1.82) is 21.0 Å². The summed E-state index contributed by atoms with van der Waals surface area (Å²) in [6, 6.07) is 24.9. The maximum atomic E-state index is 9.62. The van der Waals surface area contributed by atoms with E-state index < -0.39 is 9.49 Å². The van der Waals surface area contributed by atoms with Crippen LogP contribution in [-0.4, -0.2) is 0 Å². The largest absolute Gasteiger partial charge is 0.216 e. The average molecular weight is 314 g/mol. The van der Waals surface area contributed by atoms with Crippen molar-refractivity contribution in [2.45, 2.75) is 9.49 Å². The molecule has 0 spiro atoms. The summed E-state index contributed by atoms with van der Waals surface area (Å²) in [4.78, 5) is 0. The van der Waals surface area contributed by atoms with Crippen molar-refractivity contribution in [3.05, 3.63) is 71.8 Å². The van der Waals surface area contributed by atoms with Gasteiger partial charge in [0.15, 0.2) is 0 Å². The van der Waals surface area contributed by atoms with Crippen LogP contribution in [0.1, 0.15) is 11.1 Å². The highest BCUT2D eigenvalue weighted by molar-refractivity contribution is 8.02. The molecule has 0 N–H and O–H groups in total. The fourth-order valence-electron chi connectivity index (χ4n) is 2.09. The molecule has 0 saturated heterocycles. The summed E-state index contributed by atoms with van der Waals surface area (Å²) >= 11 is 0.746. The third kappa shape index (κ3) is 2.88. The molecule has 0 aromatic heterocycles. The van der Waals surface area contributed by atoms with Gasteiger partial charge in [0.2, 0.25) is 9.49 Å². The molecular formula is C18H10N4S. The molecule has 0 unspecified atom stereocenters. The van der Waals surface area contributed by atoms with Crippen LogP contribution in [0.15, 0.2) is 60.7 Å². The highest BCUT2D eigenvalue weighted by atomic mass is 32.2. The Bertz CT molecular complexity index is 747. The summed E-state index contributed by atoms with van der Waals surface area (Å²) in [5, 5.41) is 38.5. The first-order chi connectivity index (χ1) is 11.2. The second-order valence-corrected chi connectivity index (χ2v) is 6.07. The van der Waals surface area contributed by atoms with Crippen molar-refractivity contribution in [2.75, 3.05) is 0 Å². The third-order valence-corrected chi connectivity index (χ3v) is 4.75. The molecule has 2 aromatic carbocycles. The highest BCUT2D eigenvalue weighted by Gasteiger charge is 2.46. The standard InChI is InChI=1S/C18H10N4S/c19-11-17(12-20,15-7-3-1-4-8-15)23-18(13-21,14-22)16-9-5-2-6-10-16/h1-10H. The van der Waals surface area contributed by atoms with Crippen LogP contribution in [0.5, 0.6) is 0 Å². The molecule has 0 atom stereocenters. The van der Waals surface area contributed by atoms with Gasteiger partial charge in [-0.15, -0.1) is 0 Å². The number of thioether (sulfide) groups is 1. The molecule has 0 radical (unpaired) electrons. The summed E-state index contributed by atoms with van der Waals surface area (Å²) in [6.45, 7) is 0. The molecule has 23 heavy (non-hydrogen) atoms. The van der Waals surface area contributed by atoms with Gasteiger partial charge in [-0.05, 0) is 11.1 Å². The van der Waals surface area contributed by atoms with Gasteiger partial charge in [-0.2, -0.15) is 21.0 Å². The molecule has 0 saturated carbocycles. The van der Waals surface area contributed by atoms with Crippen LogP contribution in [0.25, 0.3) is 0 Å². The zero-order chi connectivity index (χ0) is 16.8. The minimum atomic E-state index is -1.65. The topological polar surface area (TPSA) is 95.2 Å². The van der Waals surface area contributed by atoms with Gasteiger partial charge >= 0.3 is 0 Å². The molecule has 0 fully saturated rings. The number of benzene rings is 2. The van der Waals surface area contributed by atoms with Crippen LogP contribution in [0.3, 0.4) is 0 Å². The molecular weight excluding hydrogens is 304 g/mol. The quantitative estimate of drug-likeness (QED) is 0.859. The molecule has 0 amide bonds. The fourth-order valence-corrected chi connectivity index (χ4v) is 3.24. The van der Waals surface area contributed by atoms with Crippen molar-refractivity contribution in [3.63, 3.8) is 0 Å². The van der Waals surface area contributed by atoms with E-state index in [2.05, 4.69) is 0 Å². The molecule has 0 bridgehead atoms. The van der Waals surface area contributed by atoms with E-state index in [0.29, 0.717) is 11.1 Å². The fraction of sp³-hybridized carbons (Fsp3) is 0.111. The number of nitrogens with zero attached hydrogens (tertiary/aromatic N) is 4. The van der Waals surface area contributed by atoms with Crippen molar-refractivity contribution in [2.24, 2.45) is 0 Å². The Morgan fingerprint density at radius 3 is 1.13 bits per heavy atom. The zero-order valence-electron chi connectivity index (χ0n) is 12.0. The van der Waals surface area contributed by atoms with Gasteiger partial charge in [-0.25, -0.2) is 0 Å². The minimum Gasteiger partial charge on any atom is -0.195 e. The van der Waals surface area contributed by atoms with E-state index in [0.717, 1.165) is 11.8 Å². The van der Waals surface area contributed by atoms with E-state index in [1.807, 2.05) is 24.3 Å². The molecule has 5 heteroatoms. The van der Waals surface area contributed by atoms with Crippen LogP contribution in [0.4, 0.5) is 0 Å². The summed E-state index contributed by atoms with van der Waals surface area (Å²) in [5.74, 6) is 0. The van der Waals surface area contributed by atoms with E-state index in [4.69, 9.17) is 0 Å². The van der Waals surface area contributed by atoms with E-state index in [-0.39, 0.29) is 0 Å². The molecule has 2 rings (SSSR count). The number of hydrogen-bond donors (Lipinski definition) is 0. The number of hydrogen-bond acceptors (Lipinski definition) is 5. The van der Waals surface area contributed by atoms with Crippen LogP contribution in [0.2, 0.25) is 0 Å². The van der Waals surface area contributed by atoms with Crippen LogP contribution in [-0.2, 0) is 9.49 Å². The van der Waals surface area contributed by atoms with Gasteiger partial charge in [0.1, 0.15) is 24.3 Å². The van der Waals surface area contributed by atoms with Crippen LogP contribution >= 0.6 is 11.8 Å². The Balaban J connectivity index is 2.60. The zero-order valence-corrected chi connectivity index (χ0v) is 12.8. The van der Waals surface area contributed by atoms with Gasteiger partial charge in [0.25, 0.3) is 0 Å². The Labute approximate surface area is 138 Å². The molecule has 0 heterocycles. The predicted octanol–water partition coefficient (Wildman–Crippen LogP) is 3.60. The maximum Gasteiger partial charge on any atom is 0.216 e. The van der Waals surface area contributed by atoms with Crippen molar-refractivity contribution >= 4 is 11.8 Å². The summed E-state index contributed by atoms with van der Waals surface area (Å²) in [7, 11) is 0. The van der Waals surface area contributed by atoms with Crippen molar-refractivity contribution < 1.29 is 0 Å². The van der Waals surface area contributed by atoms with E-state index >= 15 is 0 Å². The molecule has 2 aromatic rings. The van der Waals surface area contributed by atoms with E-state index in [1.165, 1.54) is 0 Å². The summed E-state index contributed by atoms with van der Waals surface area (Å²) in [6.07, 6.45) is 0. The SMILES string of the molecule is N#CC(C#N)(SC(C#N)(C#N)c1ccccc1)c1ccccc1. The van der Waals surface area contributed by atoms with Gasteiger partial charge in [-0.3, -0.25) is 0 Å². The van der Waals surface area contributed by atoms with Gasteiger partial charge in [-0.1, -0.05) is 72.4 Å². The Morgan fingerprint density at radius 2 is 0.870 bits per heavy atom. The lowest BCUT2D eigenvalue weighted by molar-refractivity contribution is 0.953. The first kappa shape index (κ1) is 16.1. The second-order valence-electron chi connectivity index (χ2n) is 4.64. The van der Waals surface area contributed by atoms with Gasteiger partial charge in [0, 0.05) is 0 Å². The first-order valence-corrected chi connectivity index (χ1v) is 7.44. The summed E-state index contributed by atoms with van der Waals surface area (Å²) in [5.41, 5.74) is 0.890. The Hall–Kier alpha value is -3.25. The molecule has 108 valence electrons. The number of rotatable bonds is 4. The monoisotopic (exact) mass is 314 g/mol. The maximum absolute atomic E-state index is 9.62. The Kier molecular flexibility index (Phi) is 4.68. The van der Waals surface area contributed by atoms with Gasteiger partial charge < -0.3 is 0 Å². The van der Waals surface area contributed by atoms with Crippen LogP contribution in [0, 0.1) is 45.3 Å². The highest BCUT2D eigenvalue weighted by Crippen LogP contribution is 2.48. The lowest BCUT2D eigenvalue weighted by Crippen LogP contribution is -2.28. The molecule has 0 aliphatic rings. The Morgan fingerprint density at radius 1 is 0.565 bits per heavy atom. The van der Waals surface area contributed by atoms with E-state index in [9.17, 15) is 21.0 Å². The van der Waals surface area contributed by atoms with E-state index in [1.54, 1.807) is 60.7 Å². The molecule has 4 nitrogen and oxygen atoms in total. The van der Waals surface area contributed by atoms with Crippen molar-refractivity contribution in [1.82, 2.24) is 0 Å². The molecule has 0 aliphatic carbocycles. The molecule has 0 aliphatic heterocycles. The number of nitriles is 4. The first-order valence-electron chi connectivity index (χ1n) is 6.62. The second kappa shape index (κ2) is 6.67. The smallest absolute Gasteiger partial charge is 0.195 e. The normalized spacial score (nSPS) is 10.6. The van der Waals surface area contributed by atoms with Gasteiger partial charge in [0.05, 0.1) is 0 Å². The summed E-state index contributed by atoms with van der Waals surface area (Å²) < 4.78 is -3.30. The predicted molar refractivity (Wildman–Crippen MR) is 86.3 cm³/mol. The average Bonchev–Trinajstić information content (AvgIpc) is 2.65. The van der Waals surface area contributed by atoms with Crippen LogP contribution < -0.4 is 0 Å². The van der Waals surface area contributed by atoms with Crippen molar-refractivity contribution in [3.8, 4) is 24.3 Å².